The second-order valence-electron chi connectivity index (χ2n) is 3.08. The molecule has 0 unspecified atom stereocenters. The fourth-order valence-corrected chi connectivity index (χ4v) is 1.40. The zero-order valence-corrected chi connectivity index (χ0v) is 7.91. The third kappa shape index (κ3) is 1.49. The Morgan fingerprint density at radius 3 is 1.53 bits per heavy atom. The number of carbonyl (C=O) groups is 2. The van der Waals surface area contributed by atoms with Crippen LogP contribution >= 0.6 is 0 Å². The number of hydrogen-bond donors (Lipinski definition) is 0. The van der Waals surface area contributed by atoms with Crippen LogP contribution in [0.25, 0.3) is 0 Å². The molecule has 2 rings (SSSR count). The highest BCUT2D eigenvalue weighted by Gasteiger charge is 2.37. The van der Waals surface area contributed by atoms with E-state index < -0.39 is 33.2 Å². The summed E-state index contributed by atoms with van der Waals surface area (Å²) in [4.78, 5) is 41.3. The standard InChI is InChI=1S/C8H2N2O7/c11-7-3-1-5(9(13)14)6(10(15)16)2-4(3)8(12)17-7/h1-2H. The molecule has 1 aliphatic rings. The Balaban J connectivity index is 2.76. The molecule has 0 saturated heterocycles. The lowest BCUT2D eigenvalue weighted by atomic mass is 10.1. The topological polar surface area (TPSA) is 130 Å². The molecule has 1 aromatic carbocycles. The Hall–Kier alpha value is -2.84. The number of cyclic esters (lactones) is 2. The van der Waals surface area contributed by atoms with Crippen molar-refractivity contribution in [2.45, 2.75) is 0 Å². The van der Waals surface area contributed by atoms with Crippen LogP contribution in [0.1, 0.15) is 20.7 Å². The van der Waals surface area contributed by atoms with Gasteiger partial charge < -0.3 is 4.74 Å². The molecule has 0 N–H and O–H groups in total. The van der Waals surface area contributed by atoms with E-state index >= 15 is 0 Å². The number of nitro groups is 2. The molecule has 0 aromatic heterocycles. The first-order valence-electron chi connectivity index (χ1n) is 4.15. The number of nitro benzene ring substituents is 2. The average molecular weight is 238 g/mol. The van der Waals surface area contributed by atoms with Gasteiger partial charge in [-0.1, -0.05) is 0 Å². The van der Waals surface area contributed by atoms with Crippen molar-refractivity contribution >= 4 is 23.3 Å². The summed E-state index contributed by atoms with van der Waals surface area (Å²) in [6.45, 7) is 0. The molecule has 0 aliphatic carbocycles. The van der Waals surface area contributed by atoms with E-state index in [0.29, 0.717) is 12.1 Å². The smallest absolute Gasteiger partial charge is 0.347 e. The van der Waals surface area contributed by atoms with E-state index in [9.17, 15) is 29.8 Å². The van der Waals surface area contributed by atoms with Gasteiger partial charge in [0.05, 0.1) is 21.0 Å². The second-order valence-corrected chi connectivity index (χ2v) is 3.08. The van der Waals surface area contributed by atoms with Gasteiger partial charge in [0.25, 0.3) is 0 Å². The van der Waals surface area contributed by atoms with Crippen LogP contribution in [-0.2, 0) is 4.74 Å². The quantitative estimate of drug-likeness (QED) is 0.322. The number of fused-ring (bicyclic) bond motifs is 1. The summed E-state index contributed by atoms with van der Waals surface area (Å²) in [5, 5.41) is 21.2. The van der Waals surface area contributed by atoms with E-state index in [4.69, 9.17) is 0 Å². The van der Waals surface area contributed by atoms with Gasteiger partial charge in [0.15, 0.2) is 0 Å². The molecule has 1 aromatic rings. The van der Waals surface area contributed by atoms with Crippen molar-refractivity contribution in [3.05, 3.63) is 43.5 Å². The van der Waals surface area contributed by atoms with Gasteiger partial charge in [-0.25, -0.2) is 9.59 Å². The lowest BCUT2D eigenvalue weighted by Crippen LogP contribution is -2.01. The molecule has 1 aliphatic heterocycles. The van der Waals surface area contributed by atoms with Crippen molar-refractivity contribution in [3.63, 3.8) is 0 Å². The number of ether oxygens (including phenoxy) is 1. The minimum atomic E-state index is -1.05. The third-order valence-electron chi connectivity index (χ3n) is 2.13. The van der Waals surface area contributed by atoms with Crippen LogP contribution < -0.4 is 0 Å². The first-order chi connectivity index (χ1) is 7.91. The van der Waals surface area contributed by atoms with Gasteiger partial charge >= 0.3 is 23.3 Å². The Morgan fingerprint density at radius 2 is 1.24 bits per heavy atom. The fourth-order valence-electron chi connectivity index (χ4n) is 1.40. The van der Waals surface area contributed by atoms with E-state index in [0.717, 1.165) is 0 Å². The van der Waals surface area contributed by atoms with Crippen LogP contribution in [0, 0.1) is 20.2 Å². The molecule has 0 saturated carbocycles. The lowest BCUT2D eigenvalue weighted by molar-refractivity contribution is -0.422. The van der Waals surface area contributed by atoms with E-state index in [2.05, 4.69) is 4.74 Å². The van der Waals surface area contributed by atoms with Gasteiger partial charge in [-0.05, 0) is 0 Å². The number of esters is 2. The van der Waals surface area contributed by atoms with Crippen molar-refractivity contribution < 1.29 is 24.2 Å². The maximum atomic E-state index is 11.1. The summed E-state index contributed by atoms with van der Waals surface area (Å²) in [6, 6.07) is 1.33. The highest BCUT2D eigenvalue weighted by molar-refractivity contribution is 6.15. The Labute approximate surface area is 91.9 Å². The molecule has 0 radical (unpaired) electrons. The summed E-state index contributed by atoms with van der Waals surface area (Å²) in [5.74, 6) is -2.11. The molecule has 9 heteroatoms. The van der Waals surface area contributed by atoms with Gasteiger partial charge in [0.2, 0.25) is 0 Å². The summed E-state index contributed by atoms with van der Waals surface area (Å²) < 4.78 is 4.18. The summed E-state index contributed by atoms with van der Waals surface area (Å²) in [5.41, 5.74) is -2.40. The third-order valence-corrected chi connectivity index (χ3v) is 2.13. The SMILES string of the molecule is O=C1OC(=O)c2cc([N+](=O)[O-])c([N+](=O)[O-])cc21. The van der Waals surface area contributed by atoms with Crippen molar-refractivity contribution in [3.8, 4) is 0 Å². The van der Waals surface area contributed by atoms with Crippen molar-refractivity contribution in [1.82, 2.24) is 0 Å². The van der Waals surface area contributed by atoms with Crippen molar-refractivity contribution in [2.75, 3.05) is 0 Å². The zero-order valence-electron chi connectivity index (χ0n) is 7.91. The van der Waals surface area contributed by atoms with Gasteiger partial charge in [-0.2, -0.15) is 0 Å². The van der Waals surface area contributed by atoms with Crippen LogP contribution in [0.15, 0.2) is 12.1 Å². The van der Waals surface area contributed by atoms with Crippen molar-refractivity contribution in [1.29, 1.82) is 0 Å². The predicted molar refractivity (Wildman–Crippen MR) is 49.5 cm³/mol. The number of carbonyl (C=O) groups excluding carboxylic acids is 2. The van der Waals surface area contributed by atoms with Crippen LogP contribution in [0.3, 0.4) is 0 Å². The minimum Gasteiger partial charge on any atom is -0.386 e. The molecule has 0 bridgehead atoms. The predicted octanol–water partition coefficient (Wildman–Crippen LogP) is 0.814. The Kier molecular flexibility index (Phi) is 2.09. The van der Waals surface area contributed by atoms with E-state index in [1.54, 1.807) is 0 Å². The molecule has 0 spiro atoms. The highest BCUT2D eigenvalue weighted by Crippen LogP contribution is 2.33. The van der Waals surface area contributed by atoms with Crippen LogP contribution in [0.2, 0.25) is 0 Å². The number of nitrogens with zero attached hydrogens (tertiary/aromatic N) is 2. The van der Waals surface area contributed by atoms with Crippen LogP contribution in [-0.4, -0.2) is 21.8 Å². The van der Waals surface area contributed by atoms with E-state index in [1.807, 2.05) is 0 Å². The molecular weight excluding hydrogens is 236 g/mol. The lowest BCUT2D eigenvalue weighted by Gasteiger charge is -1.96. The maximum absolute atomic E-state index is 11.1. The fraction of sp³-hybridized carbons (Fsp3) is 0. The van der Waals surface area contributed by atoms with E-state index in [-0.39, 0.29) is 11.1 Å². The molecule has 0 fully saturated rings. The molecular formula is C8H2N2O7. The van der Waals surface area contributed by atoms with Crippen molar-refractivity contribution in [2.24, 2.45) is 0 Å². The molecule has 17 heavy (non-hydrogen) atoms. The summed E-state index contributed by atoms with van der Waals surface area (Å²) in [7, 11) is 0. The second kappa shape index (κ2) is 3.33. The van der Waals surface area contributed by atoms with E-state index in [1.165, 1.54) is 0 Å². The average Bonchev–Trinajstić information content (AvgIpc) is 2.52. The normalized spacial score (nSPS) is 13.2. The molecule has 0 amide bonds. The highest BCUT2D eigenvalue weighted by atomic mass is 16.6. The molecule has 86 valence electrons. The zero-order chi connectivity index (χ0) is 12.7. The summed E-state index contributed by atoms with van der Waals surface area (Å²) >= 11 is 0. The number of rotatable bonds is 2. The maximum Gasteiger partial charge on any atom is 0.347 e. The van der Waals surface area contributed by atoms with Gasteiger partial charge in [-0.3, -0.25) is 20.2 Å². The Morgan fingerprint density at radius 1 is 0.882 bits per heavy atom. The number of hydrogen-bond acceptors (Lipinski definition) is 7. The largest absolute Gasteiger partial charge is 0.386 e. The van der Waals surface area contributed by atoms with Gasteiger partial charge in [0, 0.05) is 12.1 Å². The molecule has 1 heterocycles. The first kappa shape index (κ1) is 10.7. The Bertz CT molecular complexity index is 541. The van der Waals surface area contributed by atoms with Gasteiger partial charge in [-0.15, -0.1) is 0 Å². The van der Waals surface area contributed by atoms with Gasteiger partial charge in [0.1, 0.15) is 0 Å². The minimum absolute atomic E-state index is 0.340. The number of benzene rings is 1. The van der Waals surface area contributed by atoms with Crippen LogP contribution in [0.5, 0.6) is 0 Å². The summed E-state index contributed by atoms with van der Waals surface area (Å²) in [6.07, 6.45) is 0. The van der Waals surface area contributed by atoms with Crippen LogP contribution in [0.4, 0.5) is 11.4 Å². The monoisotopic (exact) mass is 238 g/mol. The molecule has 0 atom stereocenters. The molecule has 9 nitrogen and oxygen atoms in total. The first-order valence-corrected chi connectivity index (χ1v) is 4.15.